The van der Waals surface area contributed by atoms with Crippen LogP contribution in [0.15, 0.2) is 60.8 Å². The fraction of sp³-hybridized carbons (Fsp3) is 0.136. The fourth-order valence-electron chi connectivity index (χ4n) is 3.16. The Bertz CT molecular complexity index is 1150. The number of phenols is 1. The van der Waals surface area contributed by atoms with Crippen LogP contribution >= 0.6 is 0 Å². The van der Waals surface area contributed by atoms with Crippen molar-refractivity contribution in [2.24, 2.45) is 0 Å². The molecule has 0 bridgehead atoms. The van der Waals surface area contributed by atoms with Gasteiger partial charge >= 0.3 is 0 Å². The van der Waals surface area contributed by atoms with E-state index in [0.717, 1.165) is 34.0 Å². The third-order valence-corrected chi connectivity index (χ3v) is 4.55. The first kappa shape index (κ1) is 17.7. The molecular formula is C22H21N3O3. The highest BCUT2D eigenvalue weighted by atomic mass is 16.5. The molecule has 0 unspecified atom stereocenters. The minimum absolute atomic E-state index is 0.190. The van der Waals surface area contributed by atoms with E-state index in [0.29, 0.717) is 11.5 Å². The minimum Gasteiger partial charge on any atom is -0.508 e. The number of nitrogens with zero attached hydrogens (tertiary/aromatic N) is 2. The molecule has 0 aliphatic carbocycles. The summed E-state index contributed by atoms with van der Waals surface area (Å²) in [4.78, 5) is 4.78. The zero-order valence-corrected chi connectivity index (χ0v) is 15.9. The maximum Gasteiger partial charge on any atom is 0.143 e. The number of hydrogen-bond acceptors (Lipinski definition) is 5. The van der Waals surface area contributed by atoms with Crippen LogP contribution in [0.4, 0.5) is 11.5 Å². The van der Waals surface area contributed by atoms with E-state index >= 15 is 0 Å². The number of methoxy groups -OCH3 is 2. The van der Waals surface area contributed by atoms with Gasteiger partial charge in [-0.1, -0.05) is 18.2 Å². The fourth-order valence-corrected chi connectivity index (χ4v) is 3.16. The lowest BCUT2D eigenvalue weighted by Crippen LogP contribution is -2.00. The summed E-state index contributed by atoms with van der Waals surface area (Å²) in [5.74, 6) is 2.36. The molecule has 0 atom stereocenters. The normalized spacial score (nSPS) is 10.8. The van der Waals surface area contributed by atoms with Crippen LogP contribution in [0.3, 0.4) is 0 Å². The third-order valence-electron chi connectivity index (χ3n) is 4.55. The number of hydrogen-bond donors (Lipinski definition) is 2. The number of aryl methyl sites for hydroxylation is 1. The molecule has 0 saturated carbocycles. The number of anilines is 2. The Morgan fingerprint density at radius 2 is 1.86 bits per heavy atom. The third kappa shape index (κ3) is 3.20. The van der Waals surface area contributed by atoms with Crippen molar-refractivity contribution in [2.75, 3.05) is 19.5 Å². The summed E-state index contributed by atoms with van der Waals surface area (Å²) in [7, 11) is 3.25. The van der Waals surface area contributed by atoms with Crippen molar-refractivity contribution in [3.05, 3.63) is 66.4 Å². The van der Waals surface area contributed by atoms with Gasteiger partial charge in [0, 0.05) is 17.8 Å². The highest BCUT2D eigenvalue weighted by Crippen LogP contribution is 2.37. The molecule has 2 heterocycles. The largest absolute Gasteiger partial charge is 0.508 e. The molecule has 28 heavy (non-hydrogen) atoms. The van der Waals surface area contributed by atoms with Gasteiger partial charge in [0.25, 0.3) is 0 Å². The van der Waals surface area contributed by atoms with E-state index in [4.69, 9.17) is 14.5 Å². The summed E-state index contributed by atoms with van der Waals surface area (Å²) in [6.45, 7) is 2.03. The Balaban J connectivity index is 1.92. The van der Waals surface area contributed by atoms with Gasteiger partial charge in [-0.25, -0.2) is 4.98 Å². The number of aromatic hydroxyl groups is 1. The zero-order valence-electron chi connectivity index (χ0n) is 15.9. The maximum atomic E-state index is 9.93. The highest BCUT2D eigenvalue weighted by molar-refractivity contribution is 5.81. The first-order valence-electron chi connectivity index (χ1n) is 8.86. The van der Waals surface area contributed by atoms with Gasteiger partial charge in [0.05, 0.1) is 19.9 Å². The number of imidazole rings is 1. The van der Waals surface area contributed by atoms with Crippen molar-refractivity contribution in [1.82, 2.24) is 9.38 Å². The molecule has 0 fully saturated rings. The van der Waals surface area contributed by atoms with E-state index in [2.05, 4.69) is 5.32 Å². The predicted molar refractivity (Wildman–Crippen MR) is 110 cm³/mol. The maximum absolute atomic E-state index is 9.93. The SMILES string of the molecule is COc1ccc(OC)c(Nc2c(-c3cccc(O)c3)nc3ccc(C)cn23)c1. The lowest BCUT2D eigenvalue weighted by atomic mass is 10.1. The number of aromatic nitrogens is 2. The number of phenolic OH excluding ortho intramolecular Hbond substituents is 1. The van der Waals surface area contributed by atoms with Gasteiger partial charge in [0.2, 0.25) is 0 Å². The van der Waals surface area contributed by atoms with Crippen molar-refractivity contribution in [2.45, 2.75) is 6.92 Å². The zero-order chi connectivity index (χ0) is 19.7. The van der Waals surface area contributed by atoms with Crippen LogP contribution in [-0.2, 0) is 0 Å². The van der Waals surface area contributed by atoms with Crippen molar-refractivity contribution in [3.8, 4) is 28.5 Å². The molecule has 4 rings (SSSR count). The summed E-state index contributed by atoms with van der Waals surface area (Å²) in [6.07, 6.45) is 2.02. The topological polar surface area (TPSA) is 68.0 Å². The Morgan fingerprint density at radius 3 is 2.61 bits per heavy atom. The second-order valence-corrected chi connectivity index (χ2v) is 6.49. The molecule has 0 saturated heterocycles. The Hall–Kier alpha value is -3.67. The molecule has 2 aromatic carbocycles. The van der Waals surface area contributed by atoms with Gasteiger partial charge in [-0.05, 0) is 42.8 Å². The molecule has 0 aliphatic heterocycles. The smallest absolute Gasteiger partial charge is 0.143 e. The van der Waals surface area contributed by atoms with E-state index in [-0.39, 0.29) is 5.75 Å². The van der Waals surface area contributed by atoms with E-state index in [1.165, 1.54) is 0 Å². The molecular weight excluding hydrogens is 354 g/mol. The van der Waals surface area contributed by atoms with E-state index < -0.39 is 0 Å². The monoisotopic (exact) mass is 375 g/mol. The number of pyridine rings is 1. The first-order valence-corrected chi connectivity index (χ1v) is 8.86. The van der Waals surface area contributed by atoms with Crippen molar-refractivity contribution >= 4 is 17.2 Å². The van der Waals surface area contributed by atoms with Gasteiger partial charge in [0.15, 0.2) is 0 Å². The molecule has 0 radical (unpaired) electrons. The minimum atomic E-state index is 0.190. The number of ether oxygens (including phenoxy) is 2. The standard InChI is InChI=1S/C22H21N3O3/c1-14-7-10-20-24-21(15-5-4-6-16(26)11-15)22(25(20)13-14)23-18-12-17(27-2)8-9-19(18)28-3/h4-13,23,26H,1-3H3. The van der Waals surface area contributed by atoms with Crippen LogP contribution in [0.25, 0.3) is 16.9 Å². The molecule has 2 aromatic heterocycles. The summed E-state index contributed by atoms with van der Waals surface area (Å²) in [5, 5.41) is 13.4. The quantitative estimate of drug-likeness (QED) is 0.526. The Kier molecular flexibility index (Phi) is 4.53. The summed E-state index contributed by atoms with van der Waals surface area (Å²) >= 11 is 0. The highest BCUT2D eigenvalue weighted by Gasteiger charge is 2.17. The molecule has 6 heteroatoms. The Labute approximate surface area is 163 Å². The van der Waals surface area contributed by atoms with Crippen LogP contribution in [0.5, 0.6) is 17.2 Å². The second kappa shape index (κ2) is 7.15. The van der Waals surface area contributed by atoms with Gasteiger partial charge in [-0.3, -0.25) is 4.40 Å². The van der Waals surface area contributed by atoms with E-state index in [1.54, 1.807) is 32.4 Å². The van der Waals surface area contributed by atoms with E-state index in [1.807, 2.05) is 53.9 Å². The first-order chi connectivity index (χ1) is 13.6. The van der Waals surface area contributed by atoms with Crippen LogP contribution in [0.2, 0.25) is 0 Å². The number of fused-ring (bicyclic) bond motifs is 1. The predicted octanol–water partition coefficient (Wildman–Crippen LogP) is 4.78. The number of nitrogens with one attached hydrogen (secondary N) is 1. The summed E-state index contributed by atoms with van der Waals surface area (Å²) in [6, 6.07) is 16.6. The van der Waals surface area contributed by atoms with E-state index in [9.17, 15) is 5.11 Å². The van der Waals surface area contributed by atoms with Gasteiger partial charge in [0.1, 0.15) is 34.4 Å². The van der Waals surface area contributed by atoms with Gasteiger partial charge in [-0.15, -0.1) is 0 Å². The van der Waals surface area contributed by atoms with Crippen molar-refractivity contribution in [3.63, 3.8) is 0 Å². The number of rotatable bonds is 5. The average molecular weight is 375 g/mol. The van der Waals surface area contributed by atoms with Crippen molar-refractivity contribution in [1.29, 1.82) is 0 Å². The Morgan fingerprint density at radius 1 is 1.00 bits per heavy atom. The van der Waals surface area contributed by atoms with Gasteiger partial charge in [-0.2, -0.15) is 0 Å². The number of benzene rings is 2. The van der Waals surface area contributed by atoms with Crippen LogP contribution < -0.4 is 14.8 Å². The van der Waals surface area contributed by atoms with Crippen LogP contribution in [0.1, 0.15) is 5.56 Å². The van der Waals surface area contributed by atoms with Crippen LogP contribution in [-0.4, -0.2) is 28.7 Å². The molecule has 4 aromatic rings. The summed E-state index contributed by atoms with van der Waals surface area (Å²) in [5.41, 5.74) is 4.20. The summed E-state index contributed by atoms with van der Waals surface area (Å²) < 4.78 is 12.9. The second-order valence-electron chi connectivity index (χ2n) is 6.49. The molecule has 2 N–H and O–H groups in total. The van der Waals surface area contributed by atoms with Crippen LogP contribution in [0, 0.1) is 6.92 Å². The molecule has 0 amide bonds. The lowest BCUT2D eigenvalue weighted by Gasteiger charge is -2.14. The lowest BCUT2D eigenvalue weighted by molar-refractivity contribution is 0.405. The van der Waals surface area contributed by atoms with Gasteiger partial charge < -0.3 is 19.9 Å². The van der Waals surface area contributed by atoms with Crippen molar-refractivity contribution < 1.29 is 14.6 Å². The average Bonchev–Trinajstić information content (AvgIpc) is 3.05. The molecule has 0 spiro atoms. The molecule has 142 valence electrons. The molecule has 0 aliphatic rings. The molecule has 6 nitrogen and oxygen atoms in total.